The van der Waals surface area contributed by atoms with Crippen LogP contribution < -0.4 is 0 Å². The highest BCUT2D eigenvalue weighted by molar-refractivity contribution is 6.61. The van der Waals surface area contributed by atoms with Crippen molar-refractivity contribution in [1.29, 1.82) is 0 Å². The molecular weight excluding hydrogens is 335 g/mol. The van der Waals surface area contributed by atoms with Gasteiger partial charge in [-0.25, -0.2) is 0 Å². The molecule has 1 heteroatoms. The number of fused-ring (bicyclic) bond motifs is 6. The monoisotopic (exact) mass is 364 g/mol. The minimum absolute atomic E-state index is 0.754. The van der Waals surface area contributed by atoms with Gasteiger partial charge in [-0.3, -0.25) is 0 Å². The van der Waals surface area contributed by atoms with E-state index in [1.165, 1.54) is 36.8 Å². The van der Waals surface area contributed by atoms with Crippen molar-refractivity contribution >= 4 is 18.9 Å². The summed E-state index contributed by atoms with van der Waals surface area (Å²) < 4.78 is 0. The molecular formula is C27H29B. The Bertz CT molecular complexity index is 877. The fourth-order valence-electron chi connectivity index (χ4n) is 7.36. The zero-order valence-corrected chi connectivity index (χ0v) is 16.8. The predicted octanol–water partition coefficient (Wildman–Crippen LogP) is 7.29. The molecule has 0 nitrogen and oxygen atoms in total. The fraction of sp³-hybridized carbons (Fsp3) is 0.407. The SMILES string of the molecule is CB(C1CCC2c3ccccc3C=CC12)C1CCC2c3ccccc3C=CC12. The highest BCUT2D eigenvalue weighted by atomic mass is 14.4. The quantitative estimate of drug-likeness (QED) is 0.491. The van der Waals surface area contributed by atoms with E-state index < -0.39 is 0 Å². The average Bonchev–Trinajstić information content (AvgIpc) is 3.38. The molecule has 0 amide bonds. The van der Waals surface area contributed by atoms with Gasteiger partial charge < -0.3 is 0 Å². The molecule has 0 bridgehead atoms. The predicted molar refractivity (Wildman–Crippen MR) is 121 cm³/mol. The molecule has 6 unspecified atom stereocenters. The van der Waals surface area contributed by atoms with Gasteiger partial charge in [0.2, 0.25) is 0 Å². The third-order valence-electron chi connectivity index (χ3n) is 8.68. The van der Waals surface area contributed by atoms with E-state index in [-0.39, 0.29) is 0 Å². The molecule has 0 saturated heterocycles. The number of rotatable bonds is 2. The molecule has 0 heterocycles. The summed E-state index contributed by atoms with van der Waals surface area (Å²) in [6.45, 7) is 3.40. The Morgan fingerprint density at radius 3 is 1.61 bits per heavy atom. The van der Waals surface area contributed by atoms with Crippen LogP contribution in [0.3, 0.4) is 0 Å². The van der Waals surface area contributed by atoms with E-state index in [0.29, 0.717) is 0 Å². The summed E-state index contributed by atoms with van der Waals surface area (Å²) >= 11 is 0. The summed E-state index contributed by atoms with van der Waals surface area (Å²) in [6.07, 6.45) is 15.5. The Kier molecular flexibility index (Phi) is 3.93. The lowest BCUT2D eigenvalue weighted by molar-refractivity contribution is 0.553. The Morgan fingerprint density at radius 1 is 0.643 bits per heavy atom. The van der Waals surface area contributed by atoms with Crippen molar-refractivity contribution in [2.75, 3.05) is 0 Å². The number of allylic oxidation sites excluding steroid dienone is 2. The van der Waals surface area contributed by atoms with Crippen molar-refractivity contribution < 1.29 is 0 Å². The van der Waals surface area contributed by atoms with Gasteiger partial charge in [-0.15, -0.1) is 0 Å². The summed E-state index contributed by atoms with van der Waals surface area (Å²) in [5.41, 5.74) is 6.15. The molecule has 4 aliphatic carbocycles. The van der Waals surface area contributed by atoms with Crippen molar-refractivity contribution in [3.8, 4) is 0 Å². The van der Waals surface area contributed by atoms with Gasteiger partial charge in [0, 0.05) is 0 Å². The van der Waals surface area contributed by atoms with Crippen molar-refractivity contribution in [2.45, 2.75) is 56.0 Å². The summed E-state index contributed by atoms with van der Waals surface area (Å²) in [6, 6.07) is 18.2. The van der Waals surface area contributed by atoms with Crippen LogP contribution in [0, 0.1) is 11.8 Å². The standard InChI is InChI=1S/C27H29B/c1-28(26-16-14-22-20-8-4-2-6-18(20)10-12-24(22)26)27-17-15-23-21-9-5-3-7-19(21)11-13-25(23)27/h2-13,22-27H,14-17H2,1H3. The highest BCUT2D eigenvalue weighted by Crippen LogP contribution is 2.58. The molecule has 0 aliphatic heterocycles. The van der Waals surface area contributed by atoms with E-state index in [2.05, 4.69) is 79.7 Å². The van der Waals surface area contributed by atoms with Gasteiger partial charge in [0.1, 0.15) is 6.71 Å². The molecule has 28 heavy (non-hydrogen) atoms. The van der Waals surface area contributed by atoms with Gasteiger partial charge in [-0.1, -0.05) is 104 Å². The van der Waals surface area contributed by atoms with E-state index in [1.54, 1.807) is 11.1 Å². The second-order valence-electron chi connectivity index (χ2n) is 9.69. The van der Waals surface area contributed by atoms with Gasteiger partial charge in [-0.2, -0.15) is 0 Å². The van der Waals surface area contributed by atoms with Crippen LogP contribution in [-0.4, -0.2) is 6.71 Å². The van der Waals surface area contributed by atoms with E-state index >= 15 is 0 Å². The summed E-state index contributed by atoms with van der Waals surface area (Å²) in [7, 11) is 0. The maximum Gasteiger partial charge on any atom is 0.144 e. The Labute approximate surface area is 169 Å². The highest BCUT2D eigenvalue weighted by Gasteiger charge is 2.48. The van der Waals surface area contributed by atoms with Crippen LogP contribution in [0.5, 0.6) is 0 Å². The van der Waals surface area contributed by atoms with Crippen LogP contribution in [0.2, 0.25) is 18.5 Å². The lowest BCUT2D eigenvalue weighted by Crippen LogP contribution is -2.30. The van der Waals surface area contributed by atoms with E-state index in [4.69, 9.17) is 0 Å². The Morgan fingerprint density at radius 2 is 1.11 bits per heavy atom. The largest absolute Gasteiger partial charge is 0.144 e. The normalized spacial score (nSPS) is 34.5. The summed E-state index contributed by atoms with van der Waals surface area (Å²) in [5.74, 6) is 4.72. The molecule has 6 rings (SSSR count). The smallest absolute Gasteiger partial charge is 0.0856 e. The van der Waals surface area contributed by atoms with Crippen LogP contribution >= 0.6 is 0 Å². The molecule has 2 aromatic carbocycles. The summed E-state index contributed by atoms with van der Waals surface area (Å²) in [5, 5.41) is 0. The molecule has 0 radical (unpaired) electrons. The molecule has 0 aromatic heterocycles. The minimum Gasteiger partial charge on any atom is -0.0856 e. The Hall–Kier alpha value is -2.02. The van der Waals surface area contributed by atoms with E-state index in [1.807, 2.05) is 0 Å². The maximum atomic E-state index is 2.59. The molecule has 0 spiro atoms. The van der Waals surface area contributed by atoms with Crippen LogP contribution in [0.25, 0.3) is 12.2 Å². The van der Waals surface area contributed by atoms with Crippen molar-refractivity contribution in [2.24, 2.45) is 11.8 Å². The number of hydrogen-bond donors (Lipinski definition) is 0. The average molecular weight is 364 g/mol. The Balaban J connectivity index is 1.26. The molecule has 2 aromatic rings. The van der Waals surface area contributed by atoms with Crippen molar-refractivity contribution in [1.82, 2.24) is 0 Å². The van der Waals surface area contributed by atoms with Gasteiger partial charge in [0.05, 0.1) is 0 Å². The topological polar surface area (TPSA) is 0 Å². The zero-order chi connectivity index (χ0) is 18.7. The van der Waals surface area contributed by atoms with Crippen LogP contribution in [0.1, 0.15) is 59.8 Å². The first-order valence-corrected chi connectivity index (χ1v) is 11.4. The lowest BCUT2D eigenvalue weighted by Gasteiger charge is -2.35. The van der Waals surface area contributed by atoms with Gasteiger partial charge in [-0.05, 0) is 58.8 Å². The maximum absolute atomic E-state index is 2.59. The van der Waals surface area contributed by atoms with Gasteiger partial charge >= 0.3 is 0 Å². The minimum atomic E-state index is 0.754. The van der Waals surface area contributed by atoms with Crippen LogP contribution in [0.15, 0.2) is 60.7 Å². The molecule has 2 saturated carbocycles. The van der Waals surface area contributed by atoms with E-state index in [0.717, 1.165) is 42.0 Å². The third kappa shape index (κ3) is 2.45. The first-order valence-electron chi connectivity index (χ1n) is 11.4. The number of hydrogen-bond acceptors (Lipinski definition) is 0. The fourth-order valence-corrected chi connectivity index (χ4v) is 7.36. The first-order chi connectivity index (χ1) is 13.8. The summed E-state index contributed by atoms with van der Waals surface area (Å²) in [4.78, 5) is 0. The van der Waals surface area contributed by atoms with Crippen LogP contribution in [-0.2, 0) is 0 Å². The molecule has 6 atom stereocenters. The first kappa shape index (κ1) is 16.9. The molecule has 2 fully saturated rings. The zero-order valence-electron chi connectivity index (χ0n) is 16.8. The van der Waals surface area contributed by atoms with E-state index in [9.17, 15) is 0 Å². The molecule has 140 valence electrons. The molecule has 4 aliphatic rings. The second kappa shape index (κ2) is 6.51. The molecule has 0 N–H and O–H groups in total. The van der Waals surface area contributed by atoms with Crippen molar-refractivity contribution in [3.63, 3.8) is 0 Å². The lowest BCUT2D eigenvalue weighted by atomic mass is 9.31. The number of benzene rings is 2. The van der Waals surface area contributed by atoms with Gasteiger partial charge in [0.25, 0.3) is 0 Å². The van der Waals surface area contributed by atoms with Crippen molar-refractivity contribution in [3.05, 3.63) is 82.9 Å². The van der Waals surface area contributed by atoms with Crippen LogP contribution in [0.4, 0.5) is 0 Å². The van der Waals surface area contributed by atoms with Gasteiger partial charge in [0.15, 0.2) is 0 Å². The second-order valence-corrected chi connectivity index (χ2v) is 9.69. The third-order valence-corrected chi connectivity index (χ3v) is 8.68.